The molecule has 1 fully saturated rings. The molecule has 2 rings (SSSR count). The Morgan fingerprint density at radius 2 is 2.06 bits per heavy atom. The molecule has 0 atom stereocenters. The predicted molar refractivity (Wildman–Crippen MR) is 75.5 cm³/mol. The second-order valence-electron chi connectivity index (χ2n) is 4.66. The van der Waals surface area contributed by atoms with Gasteiger partial charge >= 0.3 is 0 Å². The van der Waals surface area contributed by atoms with Gasteiger partial charge in [0.15, 0.2) is 0 Å². The lowest BCUT2D eigenvalue weighted by molar-refractivity contribution is 0.0682. The highest BCUT2D eigenvalue weighted by atomic mass is 79.9. The van der Waals surface area contributed by atoms with Crippen LogP contribution in [-0.4, -0.2) is 19.3 Å². The highest BCUT2D eigenvalue weighted by molar-refractivity contribution is 9.10. The van der Waals surface area contributed by atoms with Gasteiger partial charge in [-0.25, -0.2) is 0 Å². The molecule has 0 spiro atoms. The summed E-state index contributed by atoms with van der Waals surface area (Å²) in [6.45, 7) is 0. The first-order valence-corrected chi connectivity index (χ1v) is 7.01. The summed E-state index contributed by atoms with van der Waals surface area (Å²) < 4.78 is 6.30. The van der Waals surface area contributed by atoms with Gasteiger partial charge in [0.05, 0.1) is 17.4 Å². The summed E-state index contributed by atoms with van der Waals surface area (Å²) in [4.78, 5) is 0. The van der Waals surface area contributed by atoms with Crippen LogP contribution in [0.2, 0.25) is 0 Å². The van der Waals surface area contributed by atoms with Gasteiger partial charge in [0.1, 0.15) is 6.07 Å². The van der Waals surface area contributed by atoms with E-state index < -0.39 is 0 Å². The van der Waals surface area contributed by atoms with Crippen LogP contribution in [0.5, 0.6) is 0 Å². The molecule has 0 saturated heterocycles. The maximum absolute atomic E-state index is 9.12. The summed E-state index contributed by atoms with van der Waals surface area (Å²) in [6.07, 6.45) is 4.78. The lowest BCUT2D eigenvalue weighted by Gasteiger charge is -2.29. The van der Waals surface area contributed by atoms with E-state index in [4.69, 9.17) is 10.00 Å². The molecule has 1 aliphatic carbocycles. The van der Waals surface area contributed by atoms with Crippen LogP contribution >= 0.6 is 15.9 Å². The van der Waals surface area contributed by atoms with Crippen LogP contribution in [0.4, 0.5) is 5.69 Å². The fraction of sp³-hybridized carbons (Fsp3) is 0.500. The number of nitrogens with one attached hydrogen (secondary N) is 1. The van der Waals surface area contributed by atoms with E-state index in [2.05, 4.69) is 27.3 Å². The third-order valence-electron chi connectivity index (χ3n) is 3.47. The van der Waals surface area contributed by atoms with Crippen LogP contribution in [0.15, 0.2) is 22.7 Å². The number of methoxy groups -OCH3 is 1. The highest BCUT2D eigenvalue weighted by Crippen LogP contribution is 2.26. The third kappa shape index (κ3) is 3.24. The van der Waals surface area contributed by atoms with Gasteiger partial charge < -0.3 is 10.1 Å². The molecule has 0 radical (unpaired) electrons. The summed E-state index contributed by atoms with van der Waals surface area (Å²) in [5.41, 5.74) is 1.62. The Balaban J connectivity index is 2.00. The summed E-state index contributed by atoms with van der Waals surface area (Å²) in [5.74, 6) is 0. The van der Waals surface area contributed by atoms with Crippen molar-refractivity contribution in [3.05, 3.63) is 28.2 Å². The van der Waals surface area contributed by atoms with Gasteiger partial charge in [-0.1, -0.05) is 15.9 Å². The van der Waals surface area contributed by atoms with E-state index in [-0.39, 0.29) is 0 Å². The van der Waals surface area contributed by atoms with Gasteiger partial charge in [-0.05, 0) is 43.9 Å². The van der Waals surface area contributed by atoms with Gasteiger partial charge in [0.2, 0.25) is 0 Å². The first-order valence-electron chi connectivity index (χ1n) is 6.22. The molecule has 0 bridgehead atoms. The number of benzene rings is 1. The van der Waals surface area contributed by atoms with Crippen LogP contribution < -0.4 is 5.32 Å². The molecule has 1 N–H and O–H groups in total. The number of anilines is 1. The minimum Gasteiger partial charge on any atom is -0.381 e. The Hall–Kier alpha value is -1.05. The third-order valence-corrected chi connectivity index (χ3v) is 3.96. The number of ether oxygens (including phenoxy) is 1. The molecule has 96 valence electrons. The van der Waals surface area contributed by atoms with E-state index in [0.29, 0.717) is 17.7 Å². The Morgan fingerprint density at radius 1 is 1.33 bits per heavy atom. The largest absolute Gasteiger partial charge is 0.381 e. The predicted octanol–water partition coefficient (Wildman–Crippen LogP) is 3.69. The standard InChI is InChI=1S/C14H17BrN2O/c1-18-13-5-3-12(4-6-13)17-14-7-2-11(15)8-10(14)9-16/h2,7-8,12-13,17H,3-6H2,1H3. The van der Waals surface area contributed by atoms with Crippen LogP contribution in [0.3, 0.4) is 0 Å². The zero-order chi connectivity index (χ0) is 13.0. The number of hydrogen-bond donors (Lipinski definition) is 1. The molecule has 1 aromatic rings. The van der Waals surface area contributed by atoms with Crippen LogP contribution in [0, 0.1) is 11.3 Å². The average Bonchev–Trinajstić information content (AvgIpc) is 2.41. The van der Waals surface area contributed by atoms with Gasteiger partial charge in [0.25, 0.3) is 0 Å². The van der Waals surface area contributed by atoms with E-state index in [1.54, 1.807) is 7.11 Å². The first kappa shape index (κ1) is 13.4. The molecule has 1 aliphatic rings. The number of nitrogens with zero attached hydrogens (tertiary/aromatic N) is 1. The molecule has 1 saturated carbocycles. The van der Waals surface area contributed by atoms with Crippen molar-refractivity contribution in [2.45, 2.75) is 37.8 Å². The number of halogens is 1. The van der Waals surface area contributed by atoms with Crippen molar-refractivity contribution in [3.63, 3.8) is 0 Å². The van der Waals surface area contributed by atoms with Crippen LogP contribution in [0.1, 0.15) is 31.2 Å². The second-order valence-corrected chi connectivity index (χ2v) is 5.57. The molecule has 18 heavy (non-hydrogen) atoms. The first-order chi connectivity index (χ1) is 8.72. The molecular weight excluding hydrogens is 292 g/mol. The van der Waals surface area contributed by atoms with E-state index >= 15 is 0 Å². The summed E-state index contributed by atoms with van der Waals surface area (Å²) in [5, 5.41) is 12.6. The maximum Gasteiger partial charge on any atom is 0.101 e. The minimum absolute atomic E-state index is 0.406. The Labute approximate surface area is 116 Å². The van der Waals surface area contributed by atoms with E-state index in [0.717, 1.165) is 35.8 Å². The Morgan fingerprint density at radius 3 is 2.67 bits per heavy atom. The zero-order valence-electron chi connectivity index (χ0n) is 10.4. The fourth-order valence-electron chi connectivity index (χ4n) is 2.40. The molecule has 4 heteroatoms. The molecule has 3 nitrogen and oxygen atoms in total. The van der Waals surface area contributed by atoms with Gasteiger partial charge in [-0.3, -0.25) is 0 Å². The van der Waals surface area contributed by atoms with Gasteiger partial charge in [-0.2, -0.15) is 5.26 Å². The number of nitriles is 1. The lowest BCUT2D eigenvalue weighted by atomic mass is 9.92. The summed E-state index contributed by atoms with van der Waals surface area (Å²) in [6, 6.07) is 8.45. The van der Waals surface area contributed by atoms with Crippen molar-refractivity contribution in [1.82, 2.24) is 0 Å². The molecular formula is C14H17BrN2O. The van der Waals surface area contributed by atoms with Crippen molar-refractivity contribution in [2.24, 2.45) is 0 Å². The summed E-state index contributed by atoms with van der Waals surface area (Å²) >= 11 is 3.38. The smallest absolute Gasteiger partial charge is 0.101 e. The molecule has 0 aliphatic heterocycles. The lowest BCUT2D eigenvalue weighted by Crippen LogP contribution is -2.29. The summed E-state index contributed by atoms with van der Waals surface area (Å²) in [7, 11) is 1.78. The topological polar surface area (TPSA) is 45.0 Å². The van der Waals surface area contributed by atoms with Crippen LogP contribution in [-0.2, 0) is 4.74 Å². The van der Waals surface area contributed by atoms with E-state index in [9.17, 15) is 0 Å². The van der Waals surface area contributed by atoms with Crippen molar-refractivity contribution >= 4 is 21.6 Å². The van der Waals surface area contributed by atoms with Gasteiger partial charge in [-0.15, -0.1) is 0 Å². The fourth-order valence-corrected chi connectivity index (χ4v) is 2.76. The van der Waals surface area contributed by atoms with Crippen molar-refractivity contribution in [1.29, 1.82) is 5.26 Å². The molecule has 0 unspecified atom stereocenters. The average molecular weight is 309 g/mol. The molecule has 0 amide bonds. The highest BCUT2D eigenvalue weighted by Gasteiger charge is 2.21. The maximum atomic E-state index is 9.12. The normalized spacial score (nSPS) is 23.4. The van der Waals surface area contributed by atoms with Crippen molar-refractivity contribution in [3.8, 4) is 6.07 Å². The SMILES string of the molecule is COC1CCC(Nc2ccc(Br)cc2C#N)CC1. The number of rotatable bonds is 3. The Kier molecular flexibility index (Phi) is 4.62. The molecule has 0 aromatic heterocycles. The van der Waals surface area contributed by atoms with Crippen molar-refractivity contribution in [2.75, 3.05) is 12.4 Å². The van der Waals surface area contributed by atoms with Gasteiger partial charge in [0, 0.05) is 17.6 Å². The molecule has 0 heterocycles. The molecule has 1 aromatic carbocycles. The number of hydrogen-bond acceptors (Lipinski definition) is 3. The zero-order valence-corrected chi connectivity index (χ0v) is 12.0. The van der Waals surface area contributed by atoms with Crippen LogP contribution in [0.25, 0.3) is 0 Å². The Bertz CT molecular complexity index is 448. The van der Waals surface area contributed by atoms with E-state index in [1.807, 2.05) is 18.2 Å². The van der Waals surface area contributed by atoms with E-state index in [1.165, 1.54) is 0 Å². The second kappa shape index (κ2) is 6.21. The quantitative estimate of drug-likeness (QED) is 0.926. The monoisotopic (exact) mass is 308 g/mol. The minimum atomic E-state index is 0.406. The van der Waals surface area contributed by atoms with Crippen molar-refractivity contribution < 1.29 is 4.74 Å².